The summed E-state index contributed by atoms with van der Waals surface area (Å²) in [5.74, 6) is -0.592. The molecule has 1 aromatic heterocycles. The highest BCUT2D eigenvalue weighted by Gasteiger charge is 2.57. The molecule has 2 aromatic rings. The molecule has 98 valence electrons. The second kappa shape index (κ2) is 3.91. The molecular formula is C14H14N2O3. The van der Waals surface area contributed by atoms with Gasteiger partial charge in [-0.1, -0.05) is 0 Å². The van der Waals surface area contributed by atoms with E-state index in [1.165, 1.54) is 7.11 Å². The van der Waals surface area contributed by atoms with Crippen molar-refractivity contribution in [3.63, 3.8) is 0 Å². The predicted molar refractivity (Wildman–Crippen MR) is 68.7 cm³/mol. The molecule has 0 N–H and O–H groups in total. The van der Waals surface area contributed by atoms with Crippen LogP contribution in [0.1, 0.15) is 23.2 Å². The van der Waals surface area contributed by atoms with Crippen LogP contribution in [0.25, 0.3) is 11.0 Å². The molecule has 1 aromatic carbocycles. The molecule has 5 nitrogen and oxygen atoms in total. The van der Waals surface area contributed by atoms with Crippen LogP contribution in [0.15, 0.2) is 24.5 Å². The van der Waals surface area contributed by atoms with Crippen LogP contribution in [0.4, 0.5) is 0 Å². The number of hydrogen-bond acceptors (Lipinski definition) is 4. The lowest BCUT2D eigenvalue weighted by Crippen LogP contribution is -2.27. The maximum Gasteiger partial charge on any atom is 0.319 e. The molecule has 0 saturated heterocycles. The number of rotatable bonds is 3. The number of imidazole rings is 1. The number of aryl methyl sites for hydroxylation is 1. The Hall–Kier alpha value is -2.17. The first-order valence-corrected chi connectivity index (χ1v) is 6.13. The van der Waals surface area contributed by atoms with E-state index in [9.17, 15) is 9.59 Å². The van der Waals surface area contributed by atoms with Crippen molar-refractivity contribution in [1.82, 2.24) is 9.55 Å². The van der Waals surface area contributed by atoms with Crippen LogP contribution < -0.4 is 0 Å². The maximum atomic E-state index is 12.4. The van der Waals surface area contributed by atoms with Crippen LogP contribution in [0.5, 0.6) is 0 Å². The molecule has 1 fully saturated rings. The first-order valence-electron chi connectivity index (χ1n) is 6.13. The molecule has 1 heterocycles. The van der Waals surface area contributed by atoms with E-state index in [1.54, 1.807) is 18.5 Å². The summed E-state index contributed by atoms with van der Waals surface area (Å²) in [5, 5.41) is 0. The predicted octanol–water partition coefficient (Wildman–Crippen LogP) is 1.71. The van der Waals surface area contributed by atoms with Gasteiger partial charge >= 0.3 is 5.97 Å². The van der Waals surface area contributed by atoms with Crippen LogP contribution in [0.3, 0.4) is 0 Å². The van der Waals surface area contributed by atoms with E-state index in [0.717, 1.165) is 11.0 Å². The number of fused-ring (bicyclic) bond motifs is 1. The Bertz CT molecular complexity index is 683. The molecule has 3 rings (SSSR count). The summed E-state index contributed by atoms with van der Waals surface area (Å²) in [4.78, 5) is 28.4. The highest BCUT2D eigenvalue weighted by atomic mass is 16.5. The number of nitrogens with zero attached hydrogens (tertiary/aromatic N) is 2. The molecule has 0 radical (unpaired) electrons. The number of benzene rings is 1. The molecular weight excluding hydrogens is 244 g/mol. The van der Waals surface area contributed by atoms with Crippen molar-refractivity contribution in [1.29, 1.82) is 0 Å². The van der Waals surface area contributed by atoms with Gasteiger partial charge in [-0.3, -0.25) is 9.59 Å². The average molecular weight is 258 g/mol. The summed E-state index contributed by atoms with van der Waals surface area (Å²) < 4.78 is 6.62. The van der Waals surface area contributed by atoms with E-state index >= 15 is 0 Å². The standard InChI is InChI=1S/C14H14N2O3/c1-16-8-15-10-7-9(3-4-11(10)16)12(17)14(5-6-14)13(18)19-2/h3-4,7-8H,5-6H2,1-2H3. The Morgan fingerprint density at radius 2 is 2.11 bits per heavy atom. The first kappa shape index (κ1) is 11.9. The Labute approximate surface area is 110 Å². The Morgan fingerprint density at radius 1 is 1.37 bits per heavy atom. The number of ketones is 1. The van der Waals surface area contributed by atoms with Crippen molar-refractivity contribution in [3.05, 3.63) is 30.1 Å². The third-order valence-electron chi connectivity index (χ3n) is 3.75. The molecule has 0 spiro atoms. The summed E-state index contributed by atoms with van der Waals surface area (Å²) in [7, 11) is 3.21. The zero-order chi connectivity index (χ0) is 13.6. The van der Waals surface area contributed by atoms with Crippen molar-refractivity contribution in [2.75, 3.05) is 7.11 Å². The number of hydrogen-bond donors (Lipinski definition) is 0. The molecule has 1 saturated carbocycles. The highest BCUT2D eigenvalue weighted by Crippen LogP contribution is 2.49. The molecule has 0 amide bonds. The summed E-state index contributed by atoms with van der Waals surface area (Å²) >= 11 is 0. The monoisotopic (exact) mass is 258 g/mol. The van der Waals surface area contributed by atoms with Gasteiger partial charge in [0.1, 0.15) is 5.41 Å². The summed E-state index contributed by atoms with van der Waals surface area (Å²) in [5.41, 5.74) is 1.29. The maximum absolute atomic E-state index is 12.4. The highest BCUT2D eigenvalue weighted by molar-refractivity contribution is 6.15. The van der Waals surface area contributed by atoms with Gasteiger partial charge in [-0.15, -0.1) is 0 Å². The van der Waals surface area contributed by atoms with Gasteiger partial charge in [-0.2, -0.15) is 0 Å². The van der Waals surface area contributed by atoms with Gasteiger partial charge in [0.2, 0.25) is 0 Å². The van der Waals surface area contributed by atoms with E-state index in [1.807, 2.05) is 17.7 Å². The molecule has 0 unspecified atom stereocenters. The van der Waals surface area contributed by atoms with E-state index < -0.39 is 11.4 Å². The van der Waals surface area contributed by atoms with Gasteiger partial charge in [-0.25, -0.2) is 4.98 Å². The SMILES string of the molecule is COC(=O)C1(C(=O)c2ccc3c(c2)ncn3C)CC1. The fourth-order valence-corrected chi connectivity index (χ4v) is 2.40. The van der Waals surface area contributed by atoms with Crippen LogP contribution in [0.2, 0.25) is 0 Å². The summed E-state index contributed by atoms with van der Waals surface area (Å²) in [6.45, 7) is 0. The van der Waals surface area contributed by atoms with Gasteiger partial charge in [0.05, 0.1) is 24.5 Å². The van der Waals surface area contributed by atoms with Gasteiger partial charge in [-0.05, 0) is 31.0 Å². The molecule has 0 bridgehead atoms. The third kappa shape index (κ3) is 1.65. The van der Waals surface area contributed by atoms with Crippen molar-refractivity contribution in [3.8, 4) is 0 Å². The van der Waals surface area contributed by atoms with Crippen molar-refractivity contribution in [2.45, 2.75) is 12.8 Å². The van der Waals surface area contributed by atoms with Gasteiger partial charge in [0.25, 0.3) is 0 Å². The average Bonchev–Trinajstić information content (AvgIpc) is 3.17. The Balaban J connectivity index is 2.00. The Morgan fingerprint density at radius 3 is 2.74 bits per heavy atom. The zero-order valence-electron chi connectivity index (χ0n) is 10.8. The Kier molecular flexibility index (Phi) is 2.45. The second-order valence-electron chi connectivity index (χ2n) is 4.96. The molecule has 1 aliphatic rings. The van der Waals surface area contributed by atoms with Crippen molar-refractivity contribution >= 4 is 22.8 Å². The summed E-state index contributed by atoms with van der Waals surface area (Å²) in [6.07, 6.45) is 2.84. The van der Waals surface area contributed by atoms with Crippen LogP contribution in [-0.2, 0) is 16.6 Å². The van der Waals surface area contributed by atoms with E-state index in [0.29, 0.717) is 18.4 Å². The number of Topliss-reactive ketones (excluding diaryl/α,β-unsaturated/α-hetero) is 1. The van der Waals surface area contributed by atoms with E-state index in [2.05, 4.69) is 4.98 Å². The normalized spacial score (nSPS) is 16.3. The van der Waals surface area contributed by atoms with Gasteiger partial charge < -0.3 is 9.30 Å². The van der Waals surface area contributed by atoms with Crippen molar-refractivity contribution in [2.24, 2.45) is 12.5 Å². The smallest absolute Gasteiger partial charge is 0.319 e. The molecule has 1 aliphatic carbocycles. The van der Waals surface area contributed by atoms with Crippen LogP contribution in [0, 0.1) is 5.41 Å². The number of carbonyl (C=O) groups is 2. The zero-order valence-corrected chi connectivity index (χ0v) is 10.8. The lowest BCUT2D eigenvalue weighted by Gasteiger charge is -2.11. The van der Waals surface area contributed by atoms with Gasteiger partial charge in [0.15, 0.2) is 5.78 Å². The number of ether oxygens (including phenoxy) is 1. The third-order valence-corrected chi connectivity index (χ3v) is 3.75. The lowest BCUT2D eigenvalue weighted by atomic mass is 9.94. The van der Waals surface area contributed by atoms with E-state index in [-0.39, 0.29) is 5.78 Å². The number of carbonyl (C=O) groups excluding carboxylic acids is 2. The molecule has 5 heteroatoms. The minimum atomic E-state index is -0.947. The molecule has 19 heavy (non-hydrogen) atoms. The summed E-state index contributed by atoms with van der Waals surface area (Å²) in [6, 6.07) is 5.33. The minimum Gasteiger partial charge on any atom is -0.468 e. The fraction of sp³-hybridized carbons (Fsp3) is 0.357. The first-order chi connectivity index (χ1) is 9.08. The lowest BCUT2D eigenvalue weighted by molar-refractivity contribution is -0.145. The quantitative estimate of drug-likeness (QED) is 0.477. The van der Waals surface area contributed by atoms with E-state index in [4.69, 9.17) is 4.74 Å². The van der Waals surface area contributed by atoms with Crippen LogP contribution >= 0.6 is 0 Å². The fourth-order valence-electron chi connectivity index (χ4n) is 2.40. The number of methoxy groups -OCH3 is 1. The second-order valence-corrected chi connectivity index (χ2v) is 4.96. The van der Waals surface area contributed by atoms with Gasteiger partial charge in [0, 0.05) is 12.6 Å². The number of aromatic nitrogens is 2. The topological polar surface area (TPSA) is 61.2 Å². The largest absolute Gasteiger partial charge is 0.468 e. The molecule has 0 aliphatic heterocycles. The molecule has 0 atom stereocenters. The van der Waals surface area contributed by atoms with Crippen molar-refractivity contribution < 1.29 is 14.3 Å². The number of esters is 1. The van der Waals surface area contributed by atoms with Crippen LogP contribution in [-0.4, -0.2) is 28.4 Å². The minimum absolute atomic E-state index is 0.160.